The molecule has 2 saturated carbocycles. The number of amides is 1. The minimum Gasteiger partial charge on any atom is -0.496 e. The van der Waals surface area contributed by atoms with Gasteiger partial charge in [0.2, 0.25) is 20.1 Å². The number of thiazole rings is 1. The molecule has 3 aromatic rings. The summed E-state index contributed by atoms with van der Waals surface area (Å²) in [7, 11) is -1.68. The van der Waals surface area contributed by atoms with Gasteiger partial charge in [-0.2, -0.15) is 0 Å². The smallest absolute Gasteiger partial charge is 0.230 e. The van der Waals surface area contributed by atoms with E-state index in [2.05, 4.69) is 30.1 Å². The van der Waals surface area contributed by atoms with Crippen molar-refractivity contribution in [1.29, 1.82) is 0 Å². The molecular formula is C32H40N2O5S2. The van der Waals surface area contributed by atoms with Crippen molar-refractivity contribution in [3.8, 4) is 16.2 Å². The van der Waals surface area contributed by atoms with Gasteiger partial charge in [0.15, 0.2) is 0 Å². The van der Waals surface area contributed by atoms with Crippen LogP contribution >= 0.6 is 11.3 Å². The molecule has 2 aliphatic rings. The Hall–Kier alpha value is -2.75. The van der Waals surface area contributed by atoms with Crippen LogP contribution in [0.2, 0.25) is 0 Å². The van der Waals surface area contributed by atoms with Crippen LogP contribution in [-0.4, -0.2) is 50.4 Å². The number of rotatable bonds is 8. The van der Waals surface area contributed by atoms with Crippen molar-refractivity contribution in [2.75, 3.05) is 24.8 Å². The summed E-state index contributed by atoms with van der Waals surface area (Å²) in [6.07, 6.45) is 9.44. The number of ether oxygens (including phenoxy) is 1. The Kier molecular flexibility index (Phi) is 9.16. The molecule has 0 unspecified atom stereocenters. The number of aliphatic hydroxyl groups excluding tert-OH is 1. The second kappa shape index (κ2) is 12.6. The lowest BCUT2D eigenvalue weighted by atomic mass is 9.78. The third-order valence-corrected chi connectivity index (χ3v) is 11.5. The summed E-state index contributed by atoms with van der Waals surface area (Å²) in [4.78, 5) is 20.8. The summed E-state index contributed by atoms with van der Waals surface area (Å²) in [5.74, 6) is 1.86. The number of aryl methyl sites for hydroxylation is 1. The maximum absolute atomic E-state index is 14.0. The normalized spacial score (nSPS) is 23.2. The molecule has 41 heavy (non-hydrogen) atoms. The van der Waals surface area contributed by atoms with Gasteiger partial charge in [-0.3, -0.25) is 4.79 Å². The first kappa shape index (κ1) is 29.7. The molecule has 0 saturated heterocycles. The second-order valence-corrected chi connectivity index (χ2v) is 14.9. The molecule has 9 heteroatoms. The third kappa shape index (κ3) is 7.01. The minimum absolute atomic E-state index is 0.0930. The molecule has 0 spiro atoms. The zero-order valence-corrected chi connectivity index (χ0v) is 25.7. The van der Waals surface area contributed by atoms with E-state index in [1.807, 2.05) is 29.2 Å². The van der Waals surface area contributed by atoms with Gasteiger partial charge in [0, 0.05) is 30.6 Å². The van der Waals surface area contributed by atoms with Crippen molar-refractivity contribution in [3.05, 3.63) is 59.8 Å². The van der Waals surface area contributed by atoms with Gasteiger partial charge < -0.3 is 14.7 Å². The first-order chi connectivity index (χ1) is 19.6. The van der Waals surface area contributed by atoms with Crippen LogP contribution in [0.5, 0.6) is 5.75 Å². The number of carbonyl (C=O) groups excluding carboxylic acids is 1. The fourth-order valence-corrected chi connectivity index (χ4v) is 8.11. The summed E-state index contributed by atoms with van der Waals surface area (Å²) in [6.45, 7) is 2.75. The van der Waals surface area contributed by atoms with Crippen LogP contribution in [-0.2, 0) is 14.6 Å². The summed E-state index contributed by atoms with van der Waals surface area (Å²) in [5, 5.41) is 10.0. The van der Waals surface area contributed by atoms with E-state index in [0.29, 0.717) is 44.1 Å². The number of carbonyl (C=O) groups is 1. The lowest BCUT2D eigenvalue weighted by molar-refractivity contribution is -0.124. The first-order valence-electron chi connectivity index (χ1n) is 14.5. The summed E-state index contributed by atoms with van der Waals surface area (Å²) >= 11 is 1.15. The van der Waals surface area contributed by atoms with Gasteiger partial charge in [0.25, 0.3) is 0 Å². The highest BCUT2D eigenvalue weighted by molar-refractivity contribution is 7.92. The van der Waals surface area contributed by atoms with Crippen molar-refractivity contribution >= 4 is 32.8 Å². The van der Waals surface area contributed by atoms with E-state index in [1.165, 1.54) is 5.56 Å². The van der Waals surface area contributed by atoms with Gasteiger partial charge in [-0.1, -0.05) is 24.3 Å². The van der Waals surface area contributed by atoms with E-state index in [0.717, 1.165) is 70.7 Å². The summed E-state index contributed by atoms with van der Waals surface area (Å²) in [5.41, 5.74) is 4.21. The Morgan fingerprint density at radius 2 is 1.78 bits per heavy atom. The molecule has 7 nitrogen and oxygen atoms in total. The van der Waals surface area contributed by atoms with Crippen molar-refractivity contribution in [2.45, 2.75) is 74.7 Å². The van der Waals surface area contributed by atoms with E-state index < -0.39 is 9.84 Å². The van der Waals surface area contributed by atoms with E-state index in [9.17, 15) is 18.3 Å². The monoisotopic (exact) mass is 596 g/mol. The van der Waals surface area contributed by atoms with E-state index in [-0.39, 0.29) is 22.3 Å². The number of hydrogen-bond donors (Lipinski definition) is 1. The highest BCUT2D eigenvalue weighted by Gasteiger charge is 2.32. The molecule has 5 rings (SSSR count). The highest BCUT2D eigenvalue weighted by atomic mass is 32.2. The minimum atomic E-state index is -3.38. The molecular weight excluding hydrogens is 556 g/mol. The van der Waals surface area contributed by atoms with Gasteiger partial charge in [-0.15, -0.1) is 11.3 Å². The number of aliphatic hydroxyl groups is 1. The number of hydrogen-bond acceptors (Lipinski definition) is 7. The number of anilines is 1. The van der Waals surface area contributed by atoms with Gasteiger partial charge in [-0.25, -0.2) is 13.4 Å². The Morgan fingerprint density at radius 3 is 2.41 bits per heavy atom. The highest BCUT2D eigenvalue weighted by Crippen LogP contribution is 2.39. The molecule has 1 amide bonds. The van der Waals surface area contributed by atoms with Crippen LogP contribution in [0.25, 0.3) is 10.4 Å². The lowest BCUT2D eigenvalue weighted by Crippen LogP contribution is -2.41. The zero-order chi connectivity index (χ0) is 29.1. The number of sulfone groups is 1. The molecule has 0 radical (unpaired) electrons. The topological polar surface area (TPSA) is 96.8 Å². The van der Waals surface area contributed by atoms with Crippen LogP contribution in [0, 0.1) is 18.8 Å². The SMILES string of the molecule is COc1ccc([C@H]2CC[C@H](CN(c3cccc(-c4cnc(S(C)(=O)=O)s4)c3)C(=O)[C@H]3CC[C@H](O)CC3)CC2)cc1C. The maximum Gasteiger partial charge on any atom is 0.230 e. The lowest BCUT2D eigenvalue weighted by Gasteiger charge is -2.36. The van der Waals surface area contributed by atoms with Crippen LogP contribution in [0.1, 0.15) is 68.4 Å². The molecule has 0 bridgehead atoms. The fraction of sp³-hybridized carbons (Fsp3) is 0.500. The Bertz CT molecular complexity index is 1470. The molecule has 0 aliphatic heterocycles. The summed E-state index contributed by atoms with van der Waals surface area (Å²) in [6, 6.07) is 14.3. The average Bonchev–Trinajstić information content (AvgIpc) is 3.48. The molecule has 1 heterocycles. The van der Waals surface area contributed by atoms with Gasteiger partial charge in [0.05, 0.1) is 18.1 Å². The van der Waals surface area contributed by atoms with E-state index >= 15 is 0 Å². The molecule has 2 aromatic carbocycles. The van der Waals surface area contributed by atoms with Crippen molar-refractivity contribution in [1.82, 2.24) is 4.98 Å². The summed E-state index contributed by atoms with van der Waals surface area (Å²) < 4.78 is 29.5. The largest absolute Gasteiger partial charge is 0.496 e. The van der Waals surface area contributed by atoms with Crippen molar-refractivity contribution in [3.63, 3.8) is 0 Å². The predicted octanol–water partition coefficient (Wildman–Crippen LogP) is 6.39. The van der Waals surface area contributed by atoms with Gasteiger partial charge in [0.1, 0.15) is 5.75 Å². The number of benzene rings is 2. The number of nitrogens with zero attached hydrogens (tertiary/aromatic N) is 2. The van der Waals surface area contributed by atoms with Crippen LogP contribution in [0.3, 0.4) is 0 Å². The molecule has 1 aromatic heterocycles. The molecule has 0 atom stereocenters. The van der Waals surface area contributed by atoms with Crippen LogP contribution in [0.4, 0.5) is 5.69 Å². The van der Waals surface area contributed by atoms with Crippen molar-refractivity contribution < 1.29 is 23.1 Å². The van der Waals surface area contributed by atoms with Gasteiger partial charge in [-0.05, 0) is 105 Å². The molecule has 1 N–H and O–H groups in total. The first-order valence-corrected chi connectivity index (χ1v) is 17.2. The quantitative estimate of drug-likeness (QED) is 0.324. The maximum atomic E-state index is 14.0. The molecule has 220 valence electrons. The molecule has 2 aliphatic carbocycles. The van der Waals surface area contributed by atoms with E-state index in [1.54, 1.807) is 13.3 Å². The Balaban J connectivity index is 1.35. The number of aromatic nitrogens is 1. The molecule has 2 fully saturated rings. The van der Waals surface area contributed by atoms with Gasteiger partial charge >= 0.3 is 0 Å². The zero-order valence-electron chi connectivity index (χ0n) is 24.1. The average molecular weight is 597 g/mol. The van der Waals surface area contributed by atoms with Crippen molar-refractivity contribution in [2.24, 2.45) is 11.8 Å². The predicted molar refractivity (Wildman–Crippen MR) is 163 cm³/mol. The van der Waals surface area contributed by atoms with E-state index in [4.69, 9.17) is 4.74 Å². The van der Waals surface area contributed by atoms with Crippen LogP contribution in [0.15, 0.2) is 53.0 Å². The second-order valence-electron chi connectivity index (χ2n) is 11.7. The van der Waals surface area contributed by atoms with Crippen LogP contribution < -0.4 is 9.64 Å². The Morgan fingerprint density at radius 1 is 1.05 bits per heavy atom. The number of methoxy groups -OCH3 is 1. The third-order valence-electron chi connectivity index (χ3n) is 8.73. The standard InChI is InChI=1S/C32H40N2O5S2/c1-21-17-25(13-16-29(21)39-2)23-9-7-22(8-10-23)20-34(31(36)24-11-14-28(35)15-12-24)27-6-4-5-26(18-27)30-19-33-32(40-30)41(3,37)38/h4-6,13,16-19,22-24,28,35H,7-12,14-15,20H2,1-3H3/t22-,23-,24-,28-. The Labute approximate surface area is 247 Å². The fourth-order valence-electron chi connectivity index (χ4n) is 6.35.